The number of ether oxygens (including phenoxy) is 1. The number of amides is 1. The van der Waals surface area contributed by atoms with Crippen LogP contribution in [0.4, 0.5) is 0 Å². The first-order valence-electron chi connectivity index (χ1n) is 8.27. The van der Waals surface area contributed by atoms with Gasteiger partial charge in [0.05, 0.1) is 11.3 Å². The van der Waals surface area contributed by atoms with Crippen LogP contribution in [0.15, 0.2) is 42.6 Å². The molecule has 0 aliphatic rings. The molecule has 0 bridgehead atoms. The highest BCUT2D eigenvalue weighted by molar-refractivity contribution is 7.90. The second kappa shape index (κ2) is 9.13. The predicted octanol–water partition coefficient (Wildman–Crippen LogP) is 2.22. The number of carbonyl (C=O) groups is 2. The molecule has 2 N–H and O–H groups in total. The standard InChI is InChI=1S/C18H20N2O6S/c1-2-3-9-27(24,25)20-17(21)14-10-15(16(18(22)23)19-11-14)26-12-13-7-5-4-6-8-13/h4-8,10-11H,2-3,9,12H2,1H3,(H,20,21)(H,22,23). The minimum atomic E-state index is -3.77. The Hall–Kier alpha value is -2.94. The first-order valence-corrected chi connectivity index (χ1v) is 9.92. The average molecular weight is 392 g/mol. The van der Waals surface area contributed by atoms with E-state index in [-0.39, 0.29) is 29.4 Å². The summed E-state index contributed by atoms with van der Waals surface area (Å²) in [4.78, 5) is 27.2. The maximum absolute atomic E-state index is 12.2. The average Bonchev–Trinajstić information content (AvgIpc) is 2.65. The minimum absolute atomic E-state index is 0.0721. The van der Waals surface area contributed by atoms with Crippen molar-refractivity contribution in [3.8, 4) is 5.75 Å². The predicted molar refractivity (Wildman–Crippen MR) is 98.1 cm³/mol. The Morgan fingerprint density at radius 2 is 1.93 bits per heavy atom. The van der Waals surface area contributed by atoms with Crippen LogP contribution in [-0.2, 0) is 16.6 Å². The van der Waals surface area contributed by atoms with E-state index >= 15 is 0 Å². The lowest BCUT2D eigenvalue weighted by Gasteiger charge is -2.11. The number of carboxylic acid groups (broad SMARTS) is 1. The summed E-state index contributed by atoms with van der Waals surface area (Å²) in [5.74, 6) is -2.50. The summed E-state index contributed by atoms with van der Waals surface area (Å²) >= 11 is 0. The normalized spacial score (nSPS) is 11.0. The van der Waals surface area contributed by atoms with Crippen LogP contribution in [0, 0.1) is 0 Å². The van der Waals surface area contributed by atoms with Crippen LogP contribution in [0.25, 0.3) is 0 Å². The second-order valence-electron chi connectivity index (χ2n) is 5.75. The molecule has 0 atom stereocenters. The molecular formula is C18H20N2O6S. The van der Waals surface area contributed by atoms with Crippen molar-refractivity contribution >= 4 is 21.9 Å². The van der Waals surface area contributed by atoms with Crippen LogP contribution in [0.3, 0.4) is 0 Å². The highest BCUT2D eigenvalue weighted by Gasteiger charge is 2.20. The van der Waals surface area contributed by atoms with Gasteiger partial charge in [-0.05, 0) is 18.1 Å². The fourth-order valence-corrected chi connectivity index (χ4v) is 3.33. The highest BCUT2D eigenvalue weighted by atomic mass is 32.2. The summed E-state index contributed by atoms with van der Waals surface area (Å²) in [6.45, 7) is 1.91. The van der Waals surface area contributed by atoms with Crippen molar-refractivity contribution < 1.29 is 27.9 Å². The van der Waals surface area contributed by atoms with Gasteiger partial charge in [0.2, 0.25) is 10.0 Å². The van der Waals surface area contributed by atoms with Crippen molar-refractivity contribution in [1.29, 1.82) is 0 Å². The first kappa shape index (κ1) is 20.4. The van der Waals surface area contributed by atoms with E-state index in [9.17, 15) is 23.1 Å². The van der Waals surface area contributed by atoms with E-state index in [1.807, 2.05) is 17.7 Å². The molecule has 9 heteroatoms. The van der Waals surface area contributed by atoms with Crippen molar-refractivity contribution in [2.24, 2.45) is 0 Å². The summed E-state index contributed by atoms with van der Waals surface area (Å²) in [5.41, 5.74) is 0.324. The van der Waals surface area contributed by atoms with E-state index < -0.39 is 21.9 Å². The van der Waals surface area contributed by atoms with Crippen LogP contribution >= 0.6 is 0 Å². The SMILES string of the molecule is CCCCS(=O)(=O)NC(=O)c1cnc(C(=O)O)c(OCc2ccccc2)c1. The molecule has 1 heterocycles. The molecule has 1 aromatic carbocycles. The zero-order valence-corrected chi connectivity index (χ0v) is 15.5. The van der Waals surface area contributed by atoms with Crippen LogP contribution in [0.5, 0.6) is 5.75 Å². The third-order valence-corrected chi connectivity index (χ3v) is 4.89. The summed E-state index contributed by atoms with van der Waals surface area (Å²) in [6, 6.07) is 10.2. The minimum Gasteiger partial charge on any atom is -0.486 e. The number of carbonyl (C=O) groups excluding carboxylic acids is 1. The Morgan fingerprint density at radius 1 is 1.22 bits per heavy atom. The van der Waals surface area contributed by atoms with Crippen LogP contribution in [0.1, 0.15) is 46.2 Å². The number of sulfonamides is 1. The van der Waals surface area contributed by atoms with E-state index in [2.05, 4.69) is 4.98 Å². The van der Waals surface area contributed by atoms with Gasteiger partial charge in [-0.15, -0.1) is 0 Å². The second-order valence-corrected chi connectivity index (χ2v) is 7.60. The molecule has 144 valence electrons. The molecule has 0 saturated heterocycles. The van der Waals surface area contributed by atoms with Gasteiger partial charge < -0.3 is 9.84 Å². The van der Waals surface area contributed by atoms with E-state index in [1.165, 1.54) is 6.07 Å². The summed E-state index contributed by atoms with van der Waals surface area (Å²) < 4.78 is 31.2. The van der Waals surface area contributed by atoms with Gasteiger partial charge in [0, 0.05) is 6.20 Å². The lowest BCUT2D eigenvalue weighted by molar-refractivity contribution is 0.0684. The first-order chi connectivity index (χ1) is 12.8. The van der Waals surface area contributed by atoms with E-state index in [4.69, 9.17) is 4.74 Å². The van der Waals surface area contributed by atoms with E-state index in [0.29, 0.717) is 12.8 Å². The van der Waals surface area contributed by atoms with Gasteiger partial charge in [-0.1, -0.05) is 43.7 Å². The molecule has 0 aliphatic carbocycles. The van der Waals surface area contributed by atoms with Crippen LogP contribution in [-0.4, -0.2) is 36.1 Å². The number of hydrogen-bond donors (Lipinski definition) is 2. The molecule has 1 amide bonds. The van der Waals surface area contributed by atoms with E-state index in [0.717, 1.165) is 11.8 Å². The smallest absolute Gasteiger partial charge is 0.358 e. The van der Waals surface area contributed by atoms with Crippen LogP contribution in [0.2, 0.25) is 0 Å². The monoisotopic (exact) mass is 392 g/mol. The van der Waals surface area contributed by atoms with Gasteiger partial charge >= 0.3 is 5.97 Å². The third-order valence-electron chi connectivity index (χ3n) is 3.57. The molecule has 27 heavy (non-hydrogen) atoms. The topological polar surface area (TPSA) is 123 Å². The van der Waals surface area contributed by atoms with Crippen molar-refractivity contribution in [1.82, 2.24) is 9.71 Å². The Kier molecular flexibility index (Phi) is 6.89. The molecule has 2 rings (SSSR count). The van der Waals surface area contributed by atoms with Crippen molar-refractivity contribution in [3.63, 3.8) is 0 Å². The molecule has 0 unspecified atom stereocenters. The molecule has 0 radical (unpaired) electrons. The zero-order chi connectivity index (χ0) is 19.9. The molecule has 0 aliphatic heterocycles. The lowest BCUT2D eigenvalue weighted by Crippen LogP contribution is -2.32. The molecule has 1 aromatic heterocycles. The highest BCUT2D eigenvalue weighted by Crippen LogP contribution is 2.20. The Bertz CT molecular complexity index is 913. The summed E-state index contributed by atoms with van der Waals surface area (Å²) in [5, 5.41) is 9.24. The molecule has 0 spiro atoms. The number of pyridine rings is 1. The Balaban J connectivity index is 2.20. The fraction of sp³-hybridized carbons (Fsp3) is 0.278. The number of carboxylic acids is 1. The Labute approximate surface area is 157 Å². The van der Waals surface area contributed by atoms with Crippen molar-refractivity contribution in [3.05, 3.63) is 59.4 Å². The lowest BCUT2D eigenvalue weighted by atomic mass is 10.2. The van der Waals surface area contributed by atoms with Gasteiger partial charge in [-0.2, -0.15) is 0 Å². The fourth-order valence-electron chi connectivity index (χ4n) is 2.16. The molecule has 8 nitrogen and oxygen atoms in total. The van der Waals surface area contributed by atoms with Gasteiger partial charge in [0.15, 0.2) is 11.4 Å². The van der Waals surface area contributed by atoms with Gasteiger partial charge in [0.1, 0.15) is 6.61 Å². The number of nitrogens with one attached hydrogen (secondary N) is 1. The summed E-state index contributed by atoms with van der Waals surface area (Å²) in [7, 11) is -3.77. The number of unbranched alkanes of at least 4 members (excludes halogenated alkanes) is 1. The summed E-state index contributed by atoms with van der Waals surface area (Å²) in [6.07, 6.45) is 2.09. The molecule has 2 aromatic rings. The number of benzene rings is 1. The maximum Gasteiger partial charge on any atom is 0.358 e. The number of aromatic nitrogens is 1. The van der Waals surface area contributed by atoms with Crippen molar-refractivity contribution in [2.45, 2.75) is 26.4 Å². The largest absolute Gasteiger partial charge is 0.486 e. The quantitative estimate of drug-likeness (QED) is 0.671. The molecular weight excluding hydrogens is 372 g/mol. The number of hydrogen-bond acceptors (Lipinski definition) is 6. The number of nitrogens with zero attached hydrogens (tertiary/aromatic N) is 1. The molecule has 0 fully saturated rings. The number of aromatic carboxylic acids is 1. The van der Waals surface area contributed by atoms with Crippen molar-refractivity contribution in [2.75, 3.05) is 5.75 Å². The van der Waals surface area contributed by atoms with E-state index in [1.54, 1.807) is 24.3 Å². The third kappa shape index (κ3) is 6.07. The van der Waals surface area contributed by atoms with Gasteiger partial charge in [-0.3, -0.25) is 4.79 Å². The maximum atomic E-state index is 12.2. The van der Waals surface area contributed by atoms with Crippen LogP contribution < -0.4 is 9.46 Å². The Morgan fingerprint density at radius 3 is 2.56 bits per heavy atom. The zero-order valence-electron chi connectivity index (χ0n) is 14.7. The van der Waals surface area contributed by atoms with Gasteiger partial charge in [-0.25, -0.2) is 22.9 Å². The number of rotatable bonds is 9. The van der Waals surface area contributed by atoms with Gasteiger partial charge in [0.25, 0.3) is 5.91 Å². The molecule has 0 saturated carbocycles.